The summed E-state index contributed by atoms with van der Waals surface area (Å²) in [7, 11) is 0. The van der Waals surface area contributed by atoms with Crippen molar-refractivity contribution in [1.82, 2.24) is 14.9 Å². The molecule has 5 rings (SSSR count). The third-order valence-corrected chi connectivity index (χ3v) is 4.65. The van der Waals surface area contributed by atoms with Crippen LogP contribution in [0.25, 0.3) is 0 Å². The molecule has 1 unspecified atom stereocenters. The summed E-state index contributed by atoms with van der Waals surface area (Å²) in [6.07, 6.45) is 7.82. The number of amides is 1. The first-order valence-electron chi connectivity index (χ1n) is 8.73. The van der Waals surface area contributed by atoms with E-state index < -0.39 is 0 Å². The molecular formula is C21H15N3O4. The molecule has 0 saturated carbocycles. The molecule has 4 aromatic rings. The first-order valence-corrected chi connectivity index (χ1v) is 8.73. The Morgan fingerprint density at radius 3 is 2.79 bits per heavy atom. The molecule has 1 amide bonds. The van der Waals surface area contributed by atoms with E-state index in [2.05, 4.69) is 9.97 Å². The Morgan fingerprint density at radius 1 is 1.07 bits per heavy atom. The van der Waals surface area contributed by atoms with Crippen LogP contribution >= 0.6 is 0 Å². The van der Waals surface area contributed by atoms with Gasteiger partial charge in [0.25, 0.3) is 5.91 Å². The Bertz CT molecular complexity index is 1090. The second-order valence-corrected chi connectivity index (χ2v) is 6.37. The molecule has 0 saturated heterocycles. The van der Waals surface area contributed by atoms with Crippen molar-refractivity contribution in [3.8, 4) is 11.5 Å². The lowest BCUT2D eigenvalue weighted by Gasteiger charge is -2.22. The topological polar surface area (TPSA) is 81.6 Å². The van der Waals surface area contributed by atoms with Crippen LogP contribution in [0.5, 0.6) is 11.5 Å². The highest BCUT2D eigenvalue weighted by Gasteiger charge is 2.38. The maximum Gasteiger partial charge on any atom is 0.290 e. The standard InChI is InChI=1S/C21H15N3O4/c25-21(18-4-2-8-26-18)24-12-14-9-15(28-16-3-1-7-22-10-16)5-6-17(14)20(24)19-11-23-13-27-19/h1-11,13,20H,12H2. The third-order valence-electron chi connectivity index (χ3n) is 4.65. The molecule has 28 heavy (non-hydrogen) atoms. The van der Waals surface area contributed by atoms with Crippen molar-refractivity contribution in [3.63, 3.8) is 0 Å². The number of pyridine rings is 1. The summed E-state index contributed by atoms with van der Waals surface area (Å²) in [5.74, 6) is 1.99. The smallest absolute Gasteiger partial charge is 0.290 e. The van der Waals surface area contributed by atoms with Gasteiger partial charge in [-0.1, -0.05) is 6.07 Å². The molecule has 0 bridgehead atoms. The third kappa shape index (κ3) is 2.83. The Morgan fingerprint density at radius 2 is 2.04 bits per heavy atom. The number of furan rings is 1. The van der Waals surface area contributed by atoms with Crippen LogP contribution < -0.4 is 4.74 Å². The molecule has 7 heteroatoms. The molecule has 0 spiro atoms. The fourth-order valence-corrected chi connectivity index (χ4v) is 3.43. The number of rotatable bonds is 4. The average Bonchev–Trinajstić information content (AvgIpc) is 3.47. The molecule has 7 nitrogen and oxygen atoms in total. The minimum atomic E-state index is -0.373. The van der Waals surface area contributed by atoms with E-state index in [1.165, 1.54) is 12.7 Å². The van der Waals surface area contributed by atoms with E-state index in [1.54, 1.807) is 35.6 Å². The zero-order valence-corrected chi connectivity index (χ0v) is 14.7. The number of carbonyl (C=O) groups excluding carboxylic acids is 1. The van der Waals surface area contributed by atoms with Gasteiger partial charge >= 0.3 is 0 Å². The maximum absolute atomic E-state index is 13.0. The van der Waals surface area contributed by atoms with Crippen LogP contribution in [0.3, 0.4) is 0 Å². The summed E-state index contributed by atoms with van der Waals surface area (Å²) in [5, 5.41) is 0. The Balaban J connectivity index is 1.51. The highest BCUT2D eigenvalue weighted by Crippen LogP contribution is 2.41. The van der Waals surface area contributed by atoms with Crippen LogP contribution in [0.15, 0.2) is 82.5 Å². The lowest BCUT2D eigenvalue weighted by Crippen LogP contribution is -2.29. The number of carbonyl (C=O) groups is 1. The van der Waals surface area contributed by atoms with E-state index in [0.717, 1.165) is 11.1 Å². The number of oxazole rings is 1. The van der Waals surface area contributed by atoms with Gasteiger partial charge in [0.2, 0.25) is 0 Å². The minimum Gasteiger partial charge on any atom is -0.459 e. The Hall–Kier alpha value is -3.87. The predicted octanol–water partition coefficient (Wildman–Crippen LogP) is 4.20. The van der Waals surface area contributed by atoms with Gasteiger partial charge < -0.3 is 18.5 Å². The Kier molecular flexibility index (Phi) is 3.90. The lowest BCUT2D eigenvalue weighted by molar-refractivity contribution is 0.0671. The van der Waals surface area contributed by atoms with Crippen LogP contribution in [0, 0.1) is 0 Å². The van der Waals surface area contributed by atoms with Crippen LogP contribution in [0.1, 0.15) is 33.5 Å². The van der Waals surface area contributed by atoms with E-state index >= 15 is 0 Å². The fourth-order valence-electron chi connectivity index (χ4n) is 3.43. The van der Waals surface area contributed by atoms with Gasteiger partial charge in [0.1, 0.15) is 17.5 Å². The van der Waals surface area contributed by atoms with Gasteiger partial charge in [-0.25, -0.2) is 4.98 Å². The molecule has 1 aliphatic rings. The first-order chi connectivity index (χ1) is 13.8. The minimum absolute atomic E-state index is 0.211. The summed E-state index contributed by atoms with van der Waals surface area (Å²) in [5.41, 5.74) is 1.94. The van der Waals surface area contributed by atoms with Crippen molar-refractivity contribution < 1.29 is 18.4 Å². The molecule has 0 aliphatic carbocycles. The monoisotopic (exact) mass is 373 g/mol. The average molecular weight is 373 g/mol. The molecule has 3 aromatic heterocycles. The van der Waals surface area contributed by atoms with Crippen molar-refractivity contribution in [3.05, 3.63) is 96.4 Å². The van der Waals surface area contributed by atoms with E-state index in [1.807, 2.05) is 30.3 Å². The summed E-state index contributed by atoms with van der Waals surface area (Å²) >= 11 is 0. The number of hydrogen-bond acceptors (Lipinski definition) is 6. The van der Waals surface area contributed by atoms with Gasteiger partial charge in [-0.3, -0.25) is 9.78 Å². The van der Waals surface area contributed by atoms with Crippen LogP contribution in [0.4, 0.5) is 0 Å². The summed E-state index contributed by atoms with van der Waals surface area (Å²) in [6.45, 7) is 0.407. The van der Waals surface area contributed by atoms with Crippen molar-refractivity contribution in [2.24, 2.45) is 0 Å². The molecule has 138 valence electrons. The SMILES string of the molecule is O=C(c1ccco1)N1Cc2cc(Oc3cccnc3)ccc2C1c1cnco1. The quantitative estimate of drug-likeness (QED) is 0.533. The van der Waals surface area contributed by atoms with Crippen molar-refractivity contribution >= 4 is 5.91 Å². The summed E-state index contributed by atoms with van der Waals surface area (Å²) < 4.78 is 16.7. The van der Waals surface area contributed by atoms with E-state index in [0.29, 0.717) is 23.8 Å². The van der Waals surface area contributed by atoms with Gasteiger partial charge in [-0.05, 0) is 47.5 Å². The van der Waals surface area contributed by atoms with Crippen LogP contribution in [-0.2, 0) is 6.54 Å². The fraction of sp³-hybridized carbons (Fsp3) is 0.0952. The van der Waals surface area contributed by atoms with Gasteiger partial charge in [0.05, 0.1) is 18.7 Å². The van der Waals surface area contributed by atoms with Gasteiger partial charge in [0.15, 0.2) is 17.9 Å². The number of benzene rings is 1. The molecule has 1 atom stereocenters. The van der Waals surface area contributed by atoms with E-state index in [4.69, 9.17) is 13.6 Å². The van der Waals surface area contributed by atoms with E-state index in [-0.39, 0.29) is 17.7 Å². The molecule has 1 aromatic carbocycles. The predicted molar refractivity (Wildman–Crippen MR) is 97.7 cm³/mol. The maximum atomic E-state index is 13.0. The number of ether oxygens (including phenoxy) is 1. The second-order valence-electron chi connectivity index (χ2n) is 6.37. The normalized spacial score (nSPS) is 15.4. The van der Waals surface area contributed by atoms with E-state index in [9.17, 15) is 4.79 Å². The molecule has 0 N–H and O–H groups in total. The van der Waals surface area contributed by atoms with Gasteiger partial charge in [0, 0.05) is 12.7 Å². The number of nitrogens with zero attached hydrogens (tertiary/aromatic N) is 3. The highest BCUT2D eigenvalue weighted by atomic mass is 16.5. The Labute approximate surface area is 160 Å². The molecule has 1 aliphatic heterocycles. The molecular weight excluding hydrogens is 358 g/mol. The zero-order chi connectivity index (χ0) is 18.9. The van der Waals surface area contributed by atoms with Crippen molar-refractivity contribution in [1.29, 1.82) is 0 Å². The summed E-state index contributed by atoms with van der Waals surface area (Å²) in [6, 6.07) is 12.4. The first kappa shape index (κ1) is 16.3. The van der Waals surface area contributed by atoms with Crippen molar-refractivity contribution in [2.45, 2.75) is 12.6 Å². The molecule has 0 radical (unpaired) electrons. The second kappa shape index (κ2) is 6.70. The highest BCUT2D eigenvalue weighted by molar-refractivity contribution is 5.92. The van der Waals surface area contributed by atoms with Gasteiger partial charge in [-0.15, -0.1) is 0 Å². The van der Waals surface area contributed by atoms with Crippen molar-refractivity contribution in [2.75, 3.05) is 0 Å². The largest absolute Gasteiger partial charge is 0.459 e. The number of aromatic nitrogens is 2. The summed E-state index contributed by atoms with van der Waals surface area (Å²) in [4.78, 5) is 22.8. The zero-order valence-electron chi connectivity index (χ0n) is 14.7. The number of hydrogen-bond donors (Lipinski definition) is 0. The number of fused-ring (bicyclic) bond motifs is 1. The molecule has 0 fully saturated rings. The lowest BCUT2D eigenvalue weighted by atomic mass is 10.0. The van der Waals surface area contributed by atoms with Crippen LogP contribution in [-0.4, -0.2) is 20.8 Å². The van der Waals surface area contributed by atoms with Gasteiger partial charge in [-0.2, -0.15) is 0 Å². The molecule has 4 heterocycles. The van der Waals surface area contributed by atoms with Crippen LogP contribution in [0.2, 0.25) is 0 Å².